The van der Waals surface area contributed by atoms with E-state index in [1.807, 2.05) is 12.1 Å². The highest BCUT2D eigenvalue weighted by Gasteiger charge is 2.21. The Morgan fingerprint density at radius 3 is 2.73 bits per heavy atom. The second kappa shape index (κ2) is 5.15. The maximum atomic E-state index is 8.81. The SMILES string of the molecule is CC(CC(C)(N)C#N)Sc1ccncc1. The standard InChI is InChI=1S/C11H15N3S/c1-9(7-11(2,13)8-12)15-10-3-5-14-6-4-10/h3-6,9H,7,13H2,1-2H3. The summed E-state index contributed by atoms with van der Waals surface area (Å²) in [5, 5.41) is 9.14. The number of thioether (sulfide) groups is 1. The Hall–Kier alpha value is -1.05. The summed E-state index contributed by atoms with van der Waals surface area (Å²) in [5.74, 6) is 0. The van der Waals surface area contributed by atoms with Gasteiger partial charge in [0.05, 0.1) is 6.07 Å². The average Bonchev–Trinajstić information content (AvgIpc) is 2.18. The predicted molar refractivity (Wildman–Crippen MR) is 62.4 cm³/mol. The zero-order valence-corrected chi connectivity index (χ0v) is 9.79. The summed E-state index contributed by atoms with van der Waals surface area (Å²) in [4.78, 5) is 5.11. The Balaban J connectivity index is 2.51. The van der Waals surface area contributed by atoms with Crippen LogP contribution in [0.25, 0.3) is 0 Å². The zero-order valence-electron chi connectivity index (χ0n) is 8.97. The van der Waals surface area contributed by atoms with E-state index >= 15 is 0 Å². The lowest BCUT2D eigenvalue weighted by molar-refractivity contribution is 0.545. The van der Waals surface area contributed by atoms with E-state index in [-0.39, 0.29) is 0 Å². The van der Waals surface area contributed by atoms with Crippen molar-refractivity contribution >= 4 is 11.8 Å². The Labute approximate surface area is 94.7 Å². The van der Waals surface area contributed by atoms with Crippen LogP contribution in [0, 0.1) is 11.3 Å². The van der Waals surface area contributed by atoms with E-state index in [0.29, 0.717) is 11.7 Å². The summed E-state index contributed by atoms with van der Waals surface area (Å²) in [7, 11) is 0. The van der Waals surface area contributed by atoms with E-state index in [2.05, 4.69) is 18.0 Å². The number of aromatic nitrogens is 1. The van der Waals surface area contributed by atoms with Crippen LogP contribution in [0.5, 0.6) is 0 Å². The van der Waals surface area contributed by atoms with Crippen molar-refractivity contribution in [2.75, 3.05) is 0 Å². The summed E-state index contributed by atoms with van der Waals surface area (Å²) in [6.45, 7) is 3.84. The fourth-order valence-electron chi connectivity index (χ4n) is 1.33. The number of rotatable bonds is 4. The number of pyridine rings is 1. The monoisotopic (exact) mass is 221 g/mol. The van der Waals surface area contributed by atoms with Crippen molar-refractivity contribution in [2.45, 2.75) is 36.0 Å². The first-order valence-electron chi connectivity index (χ1n) is 4.80. The lowest BCUT2D eigenvalue weighted by Gasteiger charge is -2.20. The maximum absolute atomic E-state index is 8.81. The topological polar surface area (TPSA) is 62.7 Å². The molecule has 2 N–H and O–H groups in total. The van der Waals surface area contributed by atoms with Gasteiger partial charge in [0, 0.05) is 22.5 Å². The van der Waals surface area contributed by atoms with Gasteiger partial charge in [0.15, 0.2) is 0 Å². The molecule has 0 aliphatic rings. The summed E-state index contributed by atoms with van der Waals surface area (Å²) in [6.07, 6.45) is 4.21. The molecule has 0 saturated heterocycles. The molecule has 0 saturated carbocycles. The van der Waals surface area contributed by atoms with Crippen LogP contribution in [0.15, 0.2) is 29.4 Å². The van der Waals surface area contributed by atoms with Gasteiger partial charge < -0.3 is 5.73 Å². The summed E-state index contributed by atoms with van der Waals surface area (Å²) < 4.78 is 0. The number of nitrogens with zero attached hydrogens (tertiary/aromatic N) is 2. The van der Waals surface area contributed by atoms with Crippen molar-refractivity contribution in [3.63, 3.8) is 0 Å². The second-order valence-electron chi connectivity index (χ2n) is 3.84. The number of nitriles is 1. The molecule has 0 aliphatic carbocycles. The van der Waals surface area contributed by atoms with Crippen LogP contribution in [0.1, 0.15) is 20.3 Å². The van der Waals surface area contributed by atoms with Gasteiger partial charge in [-0.05, 0) is 25.5 Å². The first kappa shape index (κ1) is 12.0. The molecule has 80 valence electrons. The number of hydrogen-bond acceptors (Lipinski definition) is 4. The minimum atomic E-state index is -0.737. The summed E-state index contributed by atoms with van der Waals surface area (Å²) >= 11 is 1.71. The molecule has 1 rings (SSSR count). The highest BCUT2D eigenvalue weighted by atomic mass is 32.2. The van der Waals surface area contributed by atoms with Crippen molar-refractivity contribution in [1.29, 1.82) is 5.26 Å². The van der Waals surface area contributed by atoms with Gasteiger partial charge in [-0.3, -0.25) is 4.98 Å². The molecule has 1 aromatic heterocycles. The minimum Gasteiger partial charge on any atom is -0.314 e. The first-order chi connectivity index (χ1) is 7.03. The van der Waals surface area contributed by atoms with Gasteiger partial charge in [0.2, 0.25) is 0 Å². The summed E-state index contributed by atoms with van der Waals surface area (Å²) in [6, 6.07) is 6.03. The maximum Gasteiger partial charge on any atom is 0.102 e. The van der Waals surface area contributed by atoms with Crippen LogP contribution in [-0.2, 0) is 0 Å². The Morgan fingerprint density at radius 1 is 1.60 bits per heavy atom. The van der Waals surface area contributed by atoms with Gasteiger partial charge in [-0.25, -0.2) is 0 Å². The Bertz CT molecular complexity index is 343. The van der Waals surface area contributed by atoms with E-state index in [1.165, 1.54) is 0 Å². The van der Waals surface area contributed by atoms with E-state index < -0.39 is 5.54 Å². The number of nitrogens with two attached hydrogens (primary N) is 1. The van der Waals surface area contributed by atoms with E-state index in [0.717, 1.165) is 4.90 Å². The van der Waals surface area contributed by atoms with Crippen molar-refractivity contribution in [1.82, 2.24) is 4.98 Å². The van der Waals surface area contributed by atoms with Gasteiger partial charge in [-0.1, -0.05) is 6.92 Å². The Kier molecular flexibility index (Phi) is 4.13. The molecule has 0 radical (unpaired) electrons. The van der Waals surface area contributed by atoms with Crippen molar-refractivity contribution in [3.05, 3.63) is 24.5 Å². The third-order valence-electron chi connectivity index (χ3n) is 1.95. The third kappa shape index (κ3) is 4.32. The highest BCUT2D eigenvalue weighted by Crippen LogP contribution is 2.26. The van der Waals surface area contributed by atoms with E-state index in [9.17, 15) is 0 Å². The fourth-order valence-corrected chi connectivity index (χ4v) is 2.51. The molecule has 0 aromatic carbocycles. The average molecular weight is 221 g/mol. The molecule has 0 spiro atoms. The third-order valence-corrected chi connectivity index (χ3v) is 3.07. The smallest absolute Gasteiger partial charge is 0.102 e. The van der Waals surface area contributed by atoms with E-state index in [4.69, 9.17) is 11.0 Å². The summed E-state index contributed by atoms with van der Waals surface area (Å²) in [5.41, 5.74) is 5.05. The van der Waals surface area contributed by atoms with Crippen molar-refractivity contribution in [2.24, 2.45) is 5.73 Å². The molecular formula is C11H15N3S. The molecule has 0 fully saturated rings. The molecule has 4 heteroatoms. The molecule has 3 nitrogen and oxygen atoms in total. The van der Waals surface area contributed by atoms with Crippen LogP contribution in [0.3, 0.4) is 0 Å². The molecule has 1 heterocycles. The zero-order chi connectivity index (χ0) is 11.3. The van der Waals surface area contributed by atoms with Crippen LogP contribution >= 0.6 is 11.8 Å². The molecule has 0 amide bonds. The van der Waals surface area contributed by atoms with Crippen LogP contribution < -0.4 is 5.73 Å². The second-order valence-corrected chi connectivity index (χ2v) is 5.36. The molecule has 0 bridgehead atoms. The van der Waals surface area contributed by atoms with Gasteiger partial charge in [-0.2, -0.15) is 5.26 Å². The molecule has 15 heavy (non-hydrogen) atoms. The van der Waals surface area contributed by atoms with Crippen LogP contribution in [0.2, 0.25) is 0 Å². The normalized spacial score (nSPS) is 16.4. The van der Waals surface area contributed by atoms with Gasteiger partial charge in [-0.15, -0.1) is 11.8 Å². The largest absolute Gasteiger partial charge is 0.314 e. The lowest BCUT2D eigenvalue weighted by atomic mass is 10.00. The Morgan fingerprint density at radius 2 is 2.20 bits per heavy atom. The van der Waals surface area contributed by atoms with Gasteiger partial charge >= 0.3 is 0 Å². The van der Waals surface area contributed by atoms with Crippen molar-refractivity contribution < 1.29 is 0 Å². The first-order valence-corrected chi connectivity index (χ1v) is 5.68. The molecule has 2 unspecified atom stereocenters. The van der Waals surface area contributed by atoms with Gasteiger partial charge in [0.25, 0.3) is 0 Å². The van der Waals surface area contributed by atoms with Gasteiger partial charge in [0.1, 0.15) is 5.54 Å². The predicted octanol–water partition coefficient (Wildman–Crippen LogP) is 2.19. The van der Waals surface area contributed by atoms with Crippen LogP contribution in [-0.4, -0.2) is 15.8 Å². The van der Waals surface area contributed by atoms with E-state index in [1.54, 1.807) is 31.1 Å². The number of hydrogen-bond donors (Lipinski definition) is 1. The quantitative estimate of drug-likeness (QED) is 0.792. The molecule has 2 atom stereocenters. The molecule has 1 aromatic rings. The fraction of sp³-hybridized carbons (Fsp3) is 0.455. The van der Waals surface area contributed by atoms with Crippen LogP contribution in [0.4, 0.5) is 0 Å². The highest BCUT2D eigenvalue weighted by molar-refractivity contribution is 7.99. The van der Waals surface area contributed by atoms with Crippen molar-refractivity contribution in [3.8, 4) is 6.07 Å². The molecular weight excluding hydrogens is 206 g/mol. The lowest BCUT2D eigenvalue weighted by Crippen LogP contribution is -2.36. The molecule has 0 aliphatic heterocycles. The minimum absolute atomic E-state index is 0.321.